The van der Waals surface area contributed by atoms with E-state index in [-0.39, 0.29) is 12.3 Å². The van der Waals surface area contributed by atoms with Gasteiger partial charge in [0, 0.05) is 0 Å². The van der Waals surface area contributed by atoms with Crippen LogP contribution < -0.4 is 4.74 Å². The summed E-state index contributed by atoms with van der Waals surface area (Å²) in [6, 6.07) is 14.4. The first-order chi connectivity index (χ1) is 10.7. The molecule has 0 aliphatic heterocycles. The first-order valence-corrected chi connectivity index (χ1v) is 7.66. The van der Waals surface area contributed by atoms with Gasteiger partial charge in [0.25, 0.3) is 0 Å². The molecule has 3 nitrogen and oxygen atoms in total. The predicted molar refractivity (Wildman–Crippen MR) is 86.4 cm³/mol. The summed E-state index contributed by atoms with van der Waals surface area (Å²) in [4.78, 5) is 11.1. The molecule has 0 saturated carbocycles. The van der Waals surface area contributed by atoms with Crippen LogP contribution in [-0.4, -0.2) is 18.2 Å². The fourth-order valence-electron chi connectivity index (χ4n) is 3.28. The number of ether oxygens (including phenoxy) is 1. The smallest absolute Gasteiger partial charge is 0.303 e. The Balaban J connectivity index is 1.95. The monoisotopic (exact) mass is 296 g/mol. The zero-order valence-corrected chi connectivity index (χ0v) is 12.7. The van der Waals surface area contributed by atoms with Crippen LogP contribution in [0.2, 0.25) is 0 Å². The zero-order chi connectivity index (χ0) is 15.5. The summed E-state index contributed by atoms with van der Waals surface area (Å²) in [5.74, 6) is 0.262. The molecule has 3 heteroatoms. The maximum atomic E-state index is 11.1. The van der Waals surface area contributed by atoms with E-state index in [9.17, 15) is 4.79 Å². The third-order valence-corrected chi connectivity index (χ3v) is 4.43. The SMILES string of the molecule is COc1ccc(-c2ccc3c(c2)C(CC(=O)O)CCC3)cc1. The second kappa shape index (κ2) is 6.22. The summed E-state index contributed by atoms with van der Waals surface area (Å²) < 4.78 is 5.19. The molecule has 3 rings (SSSR count). The molecular weight excluding hydrogens is 276 g/mol. The van der Waals surface area contributed by atoms with E-state index >= 15 is 0 Å². The lowest BCUT2D eigenvalue weighted by atomic mass is 9.80. The molecule has 2 aromatic rings. The van der Waals surface area contributed by atoms with Crippen molar-refractivity contribution >= 4 is 5.97 Å². The first kappa shape index (κ1) is 14.6. The first-order valence-electron chi connectivity index (χ1n) is 7.66. The molecule has 22 heavy (non-hydrogen) atoms. The van der Waals surface area contributed by atoms with Gasteiger partial charge in [0.2, 0.25) is 0 Å². The zero-order valence-electron chi connectivity index (χ0n) is 12.7. The average Bonchev–Trinajstić information content (AvgIpc) is 2.54. The topological polar surface area (TPSA) is 46.5 Å². The van der Waals surface area contributed by atoms with Crippen LogP contribution in [0.25, 0.3) is 11.1 Å². The number of carbonyl (C=O) groups is 1. The molecule has 1 unspecified atom stereocenters. The van der Waals surface area contributed by atoms with Gasteiger partial charge in [-0.05, 0) is 59.6 Å². The molecule has 1 atom stereocenters. The number of hydrogen-bond donors (Lipinski definition) is 1. The summed E-state index contributed by atoms with van der Waals surface area (Å²) in [5.41, 5.74) is 4.78. The number of methoxy groups -OCH3 is 1. The van der Waals surface area contributed by atoms with Crippen LogP contribution in [-0.2, 0) is 11.2 Å². The molecule has 2 aromatic carbocycles. The molecule has 0 spiro atoms. The Kier molecular flexibility index (Phi) is 4.14. The Morgan fingerprint density at radius 3 is 2.59 bits per heavy atom. The quantitative estimate of drug-likeness (QED) is 0.917. The minimum atomic E-state index is -0.715. The molecule has 0 radical (unpaired) electrons. The average molecular weight is 296 g/mol. The number of aryl methyl sites for hydroxylation is 1. The van der Waals surface area contributed by atoms with E-state index < -0.39 is 5.97 Å². The van der Waals surface area contributed by atoms with Crippen molar-refractivity contribution in [1.82, 2.24) is 0 Å². The Labute approximate surface area is 130 Å². The number of benzene rings is 2. The van der Waals surface area contributed by atoms with Gasteiger partial charge in [-0.25, -0.2) is 0 Å². The van der Waals surface area contributed by atoms with Crippen LogP contribution in [0, 0.1) is 0 Å². The highest BCUT2D eigenvalue weighted by atomic mass is 16.5. The van der Waals surface area contributed by atoms with Crippen LogP contribution in [0.5, 0.6) is 5.75 Å². The normalized spacial score (nSPS) is 16.9. The third-order valence-electron chi connectivity index (χ3n) is 4.43. The Bertz CT molecular complexity index is 674. The van der Waals surface area contributed by atoms with E-state index in [1.807, 2.05) is 24.3 Å². The minimum Gasteiger partial charge on any atom is -0.497 e. The van der Waals surface area contributed by atoms with Gasteiger partial charge in [0.1, 0.15) is 5.75 Å². The van der Waals surface area contributed by atoms with Crippen LogP contribution >= 0.6 is 0 Å². The summed E-state index contributed by atoms with van der Waals surface area (Å²) in [5, 5.41) is 9.12. The van der Waals surface area contributed by atoms with E-state index in [2.05, 4.69) is 18.2 Å². The molecule has 1 aliphatic carbocycles. The molecule has 0 heterocycles. The highest BCUT2D eigenvalue weighted by Gasteiger charge is 2.22. The fourth-order valence-corrected chi connectivity index (χ4v) is 3.28. The highest BCUT2D eigenvalue weighted by Crippen LogP contribution is 2.36. The molecule has 0 bridgehead atoms. The maximum Gasteiger partial charge on any atom is 0.303 e. The lowest BCUT2D eigenvalue weighted by Gasteiger charge is -2.25. The van der Waals surface area contributed by atoms with Crippen LogP contribution in [0.4, 0.5) is 0 Å². The molecule has 0 amide bonds. The molecule has 0 fully saturated rings. The van der Waals surface area contributed by atoms with Crippen molar-refractivity contribution < 1.29 is 14.6 Å². The highest BCUT2D eigenvalue weighted by molar-refractivity contribution is 5.70. The summed E-state index contributed by atoms with van der Waals surface area (Å²) >= 11 is 0. The molecule has 0 saturated heterocycles. The Morgan fingerprint density at radius 1 is 1.18 bits per heavy atom. The van der Waals surface area contributed by atoms with Crippen LogP contribution in [0.15, 0.2) is 42.5 Å². The predicted octanol–water partition coefficient (Wildman–Crippen LogP) is 4.26. The summed E-state index contributed by atoms with van der Waals surface area (Å²) in [6.45, 7) is 0. The number of hydrogen-bond acceptors (Lipinski definition) is 2. The van der Waals surface area contributed by atoms with Crippen molar-refractivity contribution in [3.63, 3.8) is 0 Å². The molecule has 0 aromatic heterocycles. The fraction of sp³-hybridized carbons (Fsp3) is 0.316. The minimum absolute atomic E-state index is 0.138. The summed E-state index contributed by atoms with van der Waals surface area (Å²) in [7, 11) is 1.66. The van der Waals surface area contributed by atoms with Gasteiger partial charge in [-0.3, -0.25) is 4.79 Å². The van der Waals surface area contributed by atoms with Crippen LogP contribution in [0.1, 0.15) is 36.3 Å². The van der Waals surface area contributed by atoms with E-state index in [1.165, 1.54) is 11.1 Å². The van der Waals surface area contributed by atoms with Crippen molar-refractivity contribution in [2.75, 3.05) is 7.11 Å². The Morgan fingerprint density at radius 2 is 1.91 bits per heavy atom. The number of aliphatic carboxylic acids is 1. The summed E-state index contributed by atoms with van der Waals surface area (Å²) in [6.07, 6.45) is 3.31. The van der Waals surface area contributed by atoms with Gasteiger partial charge >= 0.3 is 5.97 Å². The van der Waals surface area contributed by atoms with Gasteiger partial charge in [-0.15, -0.1) is 0 Å². The standard InChI is InChI=1S/C19H20O3/c1-22-17-9-7-13(8-10-17)15-6-5-14-3-2-4-16(12-19(20)21)18(14)11-15/h5-11,16H,2-4,12H2,1H3,(H,20,21). The van der Waals surface area contributed by atoms with Crippen molar-refractivity contribution in [3.8, 4) is 16.9 Å². The van der Waals surface area contributed by atoms with Gasteiger partial charge in [0.15, 0.2) is 0 Å². The molecular formula is C19H20O3. The van der Waals surface area contributed by atoms with E-state index in [1.54, 1.807) is 7.11 Å². The largest absolute Gasteiger partial charge is 0.497 e. The van der Waals surface area contributed by atoms with E-state index in [0.717, 1.165) is 36.1 Å². The second-order valence-corrected chi connectivity index (χ2v) is 5.83. The molecule has 1 N–H and O–H groups in total. The van der Waals surface area contributed by atoms with Crippen molar-refractivity contribution in [2.45, 2.75) is 31.6 Å². The van der Waals surface area contributed by atoms with Gasteiger partial charge in [-0.2, -0.15) is 0 Å². The number of fused-ring (bicyclic) bond motifs is 1. The van der Waals surface area contributed by atoms with E-state index in [0.29, 0.717) is 0 Å². The number of rotatable bonds is 4. The van der Waals surface area contributed by atoms with Gasteiger partial charge in [0.05, 0.1) is 13.5 Å². The third kappa shape index (κ3) is 2.98. The van der Waals surface area contributed by atoms with Gasteiger partial charge < -0.3 is 9.84 Å². The van der Waals surface area contributed by atoms with Crippen molar-refractivity contribution in [1.29, 1.82) is 0 Å². The van der Waals surface area contributed by atoms with Crippen molar-refractivity contribution in [3.05, 3.63) is 53.6 Å². The Hall–Kier alpha value is -2.29. The lowest BCUT2D eigenvalue weighted by molar-refractivity contribution is -0.137. The molecule has 114 valence electrons. The maximum absolute atomic E-state index is 11.1. The number of carboxylic acid groups (broad SMARTS) is 1. The van der Waals surface area contributed by atoms with E-state index in [4.69, 9.17) is 9.84 Å². The van der Waals surface area contributed by atoms with Crippen LogP contribution in [0.3, 0.4) is 0 Å². The second-order valence-electron chi connectivity index (χ2n) is 5.83. The van der Waals surface area contributed by atoms with Crippen molar-refractivity contribution in [2.24, 2.45) is 0 Å². The van der Waals surface area contributed by atoms with Gasteiger partial charge in [-0.1, -0.05) is 30.3 Å². The molecule has 1 aliphatic rings. The number of carboxylic acids is 1. The lowest BCUT2D eigenvalue weighted by Crippen LogP contribution is -2.13.